The molecule has 4 heteroatoms. The molecule has 0 amide bonds. The van der Waals surface area contributed by atoms with Gasteiger partial charge in [0.15, 0.2) is 5.16 Å². The molecule has 1 aromatic heterocycles. The number of aryl methyl sites for hydroxylation is 1. The molecule has 0 spiro atoms. The monoisotopic (exact) mass is 357 g/mol. The first-order valence-electron chi connectivity index (χ1n) is 8.55. The predicted octanol–water partition coefficient (Wildman–Crippen LogP) is 5.46. The van der Waals surface area contributed by atoms with E-state index >= 15 is 0 Å². The highest BCUT2D eigenvalue weighted by molar-refractivity contribution is 7.99. The van der Waals surface area contributed by atoms with Gasteiger partial charge in [0.05, 0.1) is 10.9 Å². The van der Waals surface area contributed by atoms with Crippen LogP contribution in [0.3, 0.4) is 0 Å². The summed E-state index contributed by atoms with van der Waals surface area (Å²) in [6.07, 6.45) is 1.79. The van der Waals surface area contributed by atoms with Crippen LogP contribution in [-0.4, -0.2) is 14.8 Å². The van der Waals surface area contributed by atoms with Crippen LogP contribution in [0.5, 0.6) is 0 Å². The van der Waals surface area contributed by atoms with E-state index in [0.717, 1.165) is 10.8 Å². The fourth-order valence-corrected chi connectivity index (χ4v) is 4.14. The Balaban J connectivity index is 1.75. The molecule has 0 unspecified atom stereocenters. The summed E-state index contributed by atoms with van der Waals surface area (Å²) < 4.78 is 2.07. The predicted molar refractivity (Wildman–Crippen MR) is 107 cm³/mol. The SMILES string of the molecule is Cc1ccccc1-n1cnnc1SC(c1ccccc1)c1ccccc1. The number of benzene rings is 3. The molecule has 0 fully saturated rings. The van der Waals surface area contributed by atoms with Crippen LogP contribution in [0.1, 0.15) is 21.9 Å². The van der Waals surface area contributed by atoms with E-state index in [-0.39, 0.29) is 5.25 Å². The summed E-state index contributed by atoms with van der Waals surface area (Å²) in [5, 5.41) is 9.62. The molecule has 4 rings (SSSR count). The highest BCUT2D eigenvalue weighted by Crippen LogP contribution is 2.40. The Bertz CT molecular complexity index is 941. The second kappa shape index (κ2) is 7.58. The second-order valence-corrected chi connectivity index (χ2v) is 7.16. The fraction of sp³-hybridized carbons (Fsp3) is 0.0909. The van der Waals surface area contributed by atoms with Gasteiger partial charge in [0.25, 0.3) is 0 Å². The minimum Gasteiger partial charge on any atom is -0.276 e. The van der Waals surface area contributed by atoms with Gasteiger partial charge in [0.1, 0.15) is 6.33 Å². The molecule has 3 nitrogen and oxygen atoms in total. The molecule has 0 aliphatic heterocycles. The number of nitrogens with zero attached hydrogens (tertiary/aromatic N) is 3. The summed E-state index contributed by atoms with van der Waals surface area (Å²) in [5.74, 6) is 0. The minimum absolute atomic E-state index is 0.157. The Morgan fingerprint density at radius 1 is 0.769 bits per heavy atom. The van der Waals surface area contributed by atoms with Crippen molar-refractivity contribution in [2.24, 2.45) is 0 Å². The van der Waals surface area contributed by atoms with E-state index in [4.69, 9.17) is 0 Å². The zero-order chi connectivity index (χ0) is 17.8. The quantitative estimate of drug-likeness (QED) is 0.445. The number of hydrogen-bond acceptors (Lipinski definition) is 3. The van der Waals surface area contributed by atoms with E-state index < -0.39 is 0 Å². The van der Waals surface area contributed by atoms with E-state index in [1.54, 1.807) is 18.1 Å². The van der Waals surface area contributed by atoms with E-state index in [9.17, 15) is 0 Å². The summed E-state index contributed by atoms with van der Waals surface area (Å²) in [4.78, 5) is 0. The van der Waals surface area contributed by atoms with E-state index in [1.807, 2.05) is 24.3 Å². The van der Waals surface area contributed by atoms with Gasteiger partial charge < -0.3 is 0 Å². The van der Waals surface area contributed by atoms with Crippen LogP contribution >= 0.6 is 11.8 Å². The molecule has 4 aromatic rings. The van der Waals surface area contributed by atoms with Crippen LogP contribution in [0.25, 0.3) is 5.69 Å². The Labute approximate surface area is 157 Å². The number of hydrogen-bond donors (Lipinski definition) is 0. The van der Waals surface area contributed by atoms with Crippen molar-refractivity contribution in [3.8, 4) is 5.69 Å². The third-order valence-corrected chi connectivity index (χ3v) is 5.59. The zero-order valence-electron chi connectivity index (χ0n) is 14.5. The second-order valence-electron chi connectivity index (χ2n) is 6.09. The van der Waals surface area contributed by atoms with Gasteiger partial charge in [-0.1, -0.05) is 90.6 Å². The standard InChI is InChI=1S/C22H19N3S/c1-17-10-8-9-15-20(17)25-16-23-24-22(25)26-21(18-11-4-2-5-12-18)19-13-6-3-7-14-19/h2-16,21H,1H3. The first-order chi connectivity index (χ1) is 12.8. The highest BCUT2D eigenvalue weighted by Gasteiger charge is 2.19. The summed E-state index contributed by atoms with van der Waals surface area (Å²) in [6, 6.07) is 29.4. The first kappa shape index (κ1) is 16.6. The maximum Gasteiger partial charge on any atom is 0.196 e. The summed E-state index contributed by atoms with van der Waals surface area (Å²) in [7, 11) is 0. The summed E-state index contributed by atoms with van der Waals surface area (Å²) >= 11 is 1.72. The van der Waals surface area contributed by atoms with Gasteiger partial charge >= 0.3 is 0 Å². The number of aromatic nitrogens is 3. The molecule has 0 N–H and O–H groups in total. The highest BCUT2D eigenvalue weighted by atomic mass is 32.2. The van der Waals surface area contributed by atoms with Crippen molar-refractivity contribution in [1.29, 1.82) is 0 Å². The summed E-state index contributed by atoms with van der Waals surface area (Å²) in [5.41, 5.74) is 4.82. The molecule has 0 bridgehead atoms. The molecule has 128 valence electrons. The van der Waals surface area contributed by atoms with Gasteiger partial charge in [-0.3, -0.25) is 4.57 Å². The van der Waals surface area contributed by atoms with Crippen molar-refractivity contribution in [2.75, 3.05) is 0 Å². The lowest BCUT2D eigenvalue weighted by molar-refractivity contribution is 0.873. The van der Waals surface area contributed by atoms with E-state index in [0.29, 0.717) is 0 Å². The first-order valence-corrected chi connectivity index (χ1v) is 9.43. The minimum atomic E-state index is 0.157. The average Bonchev–Trinajstić information content (AvgIpc) is 3.16. The van der Waals surface area contributed by atoms with Crippen LogP contribution < -0.4 is 0 Å². The molecule has 3 aromatic carbocycles. The molecule has 26 heavy (non-hydrogen) atoms. The van der Waals surface area contributed by atoms with Gasteiger partial charge in [-0.2, -0.15) is 0 Å². The van der Waals surface area contributed by atoms with Gasteiger partial charge in [-0.25, -0.2) is 0 Å². The van der Waals surface area contributed by atoms with Crippen LogP contribution in [0.2, 0.25) is 0 Å². The normalized spacial score (nSPS) is 11.0. The van der Waals surface area contributed by atoms with Gasteiger partial charge in [0, 0.05) is 0 Å². The van der Waals surface area contributed by atoms with Gasteiger partial charge in [0.2, 0.25) is 0 Å². The topological polar surface area (TPSA) is 30.7 Å². The Morgan fingerprint density at radius 2 is 1.35 bits per heavy atom. The summed E-state index contributed by atoms with van der Waals surface area (Å²) in [6.45, 7) is 2.11. The third-order valence-electron chi connectivity index (χ3n) is 4.32. The maximum atomic E-state index is 4.40. The molecule has 1 heterocycles. The molecule has 0 saturated carbocycles. The van der Waals surface area contributed by atoms with Gasteiger partial charge in [-0.15, -0.1) is 10.2 Å². The molecule has 0 atom stereocenters. The average molecular weight is 357 g/mol. The van der Waals surface area contributed by atoms with Crippen LogP contribution in [0.15, 0.2) is 96.4 Å². The van der Waals surface area contributed by atoms with Crippen LogP contribution in [-0.2, 0) is 0 Å². The third kappa shape index (κ3) is 3.41. The number of thioether (sulfide) groups is 1. The fourth-order valence-electron chi connectivity index (χ4n) is 2.99. The lowest BCUT2D eigenvalue weighted by Gasteiger charge is -2.18. The molecule has 0 aliphatic carbocycles. The Morgan fingerprint density at radius 3 is 1.96 bits per heavy atom. The van der Waals surface area contributed by atoms with Crippen molar-refractivity contribution in [1.82, 2.24) is 14.8 Å². The molecule has 0 radical (unpaired) electrons. The van der Waals surface area contributed by atoms with Crippen molar-refractivity contribution >= 4 is 11.8 Å². The molecule has 0 saturated heterocycles. The van der Waals surface area contributed by atoms with Gasteiger partial charge in [-0.05, 0) is 29.7 Å². The van der Waals surface area contributed by atoms with Crippen molar-refractivity contribution in [2.45, 2.75) is 17.3 Å². The molecular formula is C22H19N3S. The largest absolute Gasteiger partial charge is 0.276 e. The Kier molecular flexibility index (Phi) is 4.84. The van der Waals surface area contributed by atoms with Crippen LogP contribution in [0, 0.1) is 6.92 Å². The van der Waals surface area contributed by atoms with E-state index in [1.165, 1.54) is 16.7 Å². The van der Waals surface area contributed by atoms with Crippen molar-refractivity contribution < 1.29 is 0 Å². The smallest absolute Gasteiger partial charge is 0.196 e. The van der Waals surface area contributed by atoms with Crippen molar-refractivity contribution in [3.05, 3.63) is 108 Å². The molecule has 0 aliphatic rings. The Hall–Kier alpha value is -2.85. The van der Waals surface area contributed by atoms with Crippen molar-refractivity contribution in [3.63, 3.8) is 0 Å². The maximum absolute atomic E-state index is 4.40. The van der Waals surface area contributed by atoms with Crippen LogP contribution in [0.4, 0.5) is 0 Å². The van der Waals surface area contributed by atoms with E-state index in [2.05, 4.69) is 82.4 Å². The lowest BCUT2D eigenvalue weighted by Crippen LogP contribution is -2.02. The zero-order valence-corrected chi connectivity index (χ0v) is 15.3. The number of para-hydroxylation sites is 1. The lowest BCUT2D eigenvalue weighted by atomic mass is 10.0. The molecular weight excluding hydrogens is 338 g/mol. The number of rotatable bonds is 5.